The lowest BCUT2D eigenvalue weighted by atomic mass is 10.0. The Hall–Kier alpha value is -0.780. The van der Waals surface area contributed by atoms with Crippen molar-refractivity contribution in [2.75, 3.05) is 37.8 Å². The lowest BCUT2D eigenvalue weighted by Gasteiger charge is -2.38. The number of thiocarbonyl (C=S) groups is 1. The Balaban J connectivity index is 2.34. The molecule has 0 aliphatic carbocycles. The average Bonchev–Trinajstić information content (AvgIpc) is 2.47. The van der Waals surface area contributed by atoms with Crippen molar-refractivity contribution in [2.45, 2.75) is 30.7 Å². The third-order valence-corrected chi connectivity index (χ3v) is 5.16. The number of nitrogens with zero attached hydrogens (tertiary/aromatic N) is 2. The summed E-state index contributed by atoms with van der Waals surface area (Å²) in [6, 6.07) is 7.00. The smallest absolute Gasteiger partial charge is 0.107 e. The van der Waals surface area contributed by atoms with E-state index in [4.69, 9.17) is 18.0 Å². The summed E-state index contributed by atoms with van der Waals surface area (Å²) in [6.07, 6.45) is 2.47. The van der Waals surface area contributed by atoms with Crippen LogP contribution in [0, 0.1) is 0 Å². The molecule has 5 heteroatoms. The minimum atomic E-state index is 0.508. The van der Waals surface area contributed by atoms with Crippen molar-refractivity contribution in [1.29, 1.82) is 0 Å². The fraction of sp³-hybridized carbons (Fsp3) is 0.562. The van der Waals surface area contributed by atoms with E-state index in [0.29, 0.717) is 11.0 Å². The number of nitrogens with two attached hydrogens (primary N) is 1. The van der Waals surface area contributed by atoms with Crippen molar-refractivity contribution < 1.29 is 0 Å². The average molecular weight is 324 g/mol. The van der Waals surface area contributed by atoms with Gasteiger partial charge in [-0.05, 0) is 44.8 Å². The van der Waals surface area contributed by atoms with Crippen molar-refractivity contribution in [3.63, 3.8) is 0 Å². The van der Waals surface area contributed by atoms with Crippen molar-refractivity contribution in [3.05, 3.63) is 23.8 Å². The number of hydrogen-bond acceptors (Lipinski definition) is 4. The second-order valence-electron chi connectivity index (χ2n) is 5.65. The quantitative estimate of drug-likeness (QED) is 0.665. The monoisotopic (exact) mass is 323 g/mol. The number of hydrogen-bond donors (Lipinski definition) is 1. The molecular weight excluding hydrogens is 298 g/mol. The maximum atomic E-state index is 6.03. The van der Waals surface area contributed by atoms with Crippen molar-refractivity contribution in [1.82, 2.24) is 4.90 Å². The van der Waals surface area contributed by atoms with Crippen LogP contribution in [0.3, 0.4) is 0 Å². The summed E-state index contributed by atoms with van der Waals surface area (Å²) in [5.74, 6) is 1.03. The van der Waals surface area contributed by atoms with Crippen LogP contribution in [0.25, 0.3) is 0 Å². The Labute approximate surface area is 137 Å². The van der Waals surface area contributed by atoms with E-state index in [0.717, 1.165) is 24.4 Å². The summed E-state index contributed by atoms with van der Waals surface area (Å²) in [6.45, 7) is 4.28. The molecule has 3 nitrogen and oxygen atoms in total. The zero-order valence-corrected chi connectivity index (χ0v) is 14.8. The maximum Gasteiger partial charge on any atom is 0.107 e. The van der Waals surface area contributed by atoms with Gasteiger partial charge in [0.1, 0.15) is 4.99 Å². The SMILES string of the molecule is CCSc1cccc(N2CCCC(N(C)C)C2)c1C(N)=S. The molecule has 1 aliphatic rings. The van der Waals surface area contributed by atoms with Gasteiger partial charge in [0.25, 0.3) is 0 Å². The van der Waals surface area contributed by atoms with Crippen molar-refractivity contribution in [3.8, 4) is 0 Å². The Kier molecular flexibility index (Phi) is 5.90. The van der Waals surface area contributed by atoms with Gasteiger partial charge in [0.05, 0.1) is 0 Å². The number of thioether (sulfide) groups is 1. The number of piperidine rings is 1. The van der Waals surface area contributed by atoms with Crippen LogP contribution in [0.1, 0.15) is 25.3 Å². The Morgan fingerprint density at radius 1 is 1.48 bits per heavy atom. The second kappa shape index (κ2) is 7.47. The lowest BCUT2D eigenvalue weighted by Crippen LogP contribution is -2.45. The second-order valence-corrected chi connectivity index (χ2v) is 7.40. The number of benzene rings is 1. The number of rotatable bonds is 5. The molecule has 116 valence electrons. The first kappa shape index (κ1) is 16.6. The van der Waals surface area contributed by atoms with E-state index in [1.54, 1.807) is 0 Å². The first-order valence-electron chi connectivity index (χ1n) is 7.51. The Morgan fingerprint density at radius 2 is 2.24 bits per heavy atom. The van der Waals surface area contributed by atoms with E-state index < -0.39 is 0 Å². The molecule has 1 unspecified atom stereocenters. The van der Waals surface area contributed by atoms with E-state index in [9.17, 15) is 0 Å². The van der Waals surface area contributed by atoms with Gasteiger partial charge >= 0.3 is 0 Å². The van der Waals surface area contributed by atoms with Crippen LogP contribution in [-0.2, 0) is 0 Å². The van der Waals surface area contributed by atoms with Gasteiger partial charge in [-0.1, -0.05) is 25.2 Å². The molecule has 1 aliphatic heterocycles. The van der Waals surface area contributed by atoms with Crippen LogP contribution in [-0.4, -0.2) is 48.9 Å². The van der Waals surface area contributed by atoms with Crippen molar-refractivity contribution in [2.24, 2.45) is 5.73 Å². The molecule has 1 heterocycles. The highest BCUT2D eigenvalue weighted by atomic mass is 32.2. The Bertz CT molecular complexity index is 502. The highest BCUT2D eigenvalue weighted by Gasteiger charge is 2.24. The molecule has 0 spiro atoms. The van der Waals surface area contributed by atoms with Crippen LogP contribution in [0.2, 0.25) is 0 Å². The van der Waals surface area contributed by atoms with Gasteiger partial charge < -0.3 is 15.5 Å². The molecule has 1 aromatic rings. The first-order chi connectivity index (χ1) is 10.0. The number of likely N-dealkylation sites (N-methyl/N-ethyl adjacent to an activating group) is 1. The van der Waals surface area contributed by atoms with Gasteiger partial charge in [0.15, 0.2) is 0 Å². The fourth-order valence-corrected chi connectivity index (χ4v) is 4.03. The summed E-state index contributed by atoms with van der Waals surface area (Å²) in [5.41, 5.74) is 8.28. The van der Waals surface area contributed by atoms with Gasteiger partial charge in [0, 0.05) is 35.3 Å². The van der Waals surface area contributed by atoms with Gasteiger partial charge in [-0.15, -0.1) is 11.8 Å². The molecule has 1 aromatic carbocycles. The predicted octanol–water partition coefficient (Wildman–Crippen LogP) is 2.96. The molecule has 1 saturated heterocycles. The summed E-state index contributed by atoms with van der Waals surface area (Å²) < 4.78 is 0. The molecule has 2 rings (SSSR count). The molecule has 0 amide bonds. The zero-order chi connectivity index (χ0) is 15.4. The summed E-state index contributed by atoms with van der Waals surface area (Å²) >= 11 is 7.14. The molecule has 2 N–H and O–H groups in total. The van der Waals surface area contributed by atoms with E-state index in [1.807, 2.05) is 11.8 Å². The molecule has 0 aromatic heterocycles. The molecule has 0 bridgehead atoms. The van der Waals surface area contributed by atoms with Crippen LogP contribution in [0.15, 0.2) is 23.1 Å². The van der Waals surface area contributed by atoms with Crippen molar-refractivity contribution >= 4 is 34.7 Å². The van der Waals surface area contributed by atoms with E-state index >= 15 is 0 Å². The highest BCUT2D eigenvalue weighted by Crippen LogP contribution is 2.32. The summed E-state index contributed by atoms with van der Waals surface area (Å²) in [7, 11) is 4.32. The fourth-order valence-electron chi connectivity index (χ4n) is 2.90. The lowest BCUT2D eigenvalue weighted by molar-refractivity contribution is 0.258. The molecule has 1 fully saturated rings. The minimum absolute atomic E-state index is 0.508. The topological polar surface area (TPSA) is 32.5 Å². The molecule has 21 heavy (non-hydrogen) atoms. The van der Waals surface area contributed by atoms with E-state index in [2.05, 4.69) is 49.0 Å². The molecule has 0 radical (unpaired) electrons. The first-order valence-corrected chi connectivity index (χ1v) is 8.91. The molecule has 1 atom stereocenters. The number of anilines is 1. The zero-order valence-electron chi connectivity index (χ0n) is 13.1. The predicted molar refractivity (Wildman–Crippen MR) is 97.6 cm³/mol. The van der Waals surface area contributed by atoms with Gasteiger partial charge in [-0.2, -0.15) is 0 Å². The third kappa shape index (κ3) is 3.90. The third-order valence-electron chi connectivity index (χ3n) is 4.02. The summed E-state index contributed by atoms with van der Waals surface area (Å²) in [4.78, 5) is 6.47. The molecule has 0 saturated carbocycles. The van der Waals surface area contributed by atoms with Crippen LogP contribution >= 0.6 is 24.0 Å². The summed E-state index contributed by atoms with van der Waals surface area (Å²) in [5, 5.41) is 0. The minimum Gasteiger partial charge on any atom is -0.389 e. The van der Waals surface area contributed by atoms with Gasteiger partial charge in [0.2, 0.25) is 0 Å². The normalized spacial score (nSPS) is 19.0. The Morgan fingerprint density at radius 3 is 2.86 bits per heavy atom. The highest BCUT2D eigenvalue weighted by molar-refractivity contribution is 7.99. The maximum absolute atomic E-state index is 6.03. The van der Waals surface area contributed by atoms with Gasteiger partial charge in [-0.25, -0.2) is 0 Å². The molecular formula is C16H25N3S2. The van der Waals surface area contributed by atoms with Crippen LogP contribution in [0.5, 0.6) is 0 Å². The van der Waals surface area contributed by atoms with E-state index in [-0.39, 0.29) is 0 Å². The largest absolute Gasteiger partial charge is 0.389 e. The van der Waals surface area contributed by atoms with Gasteiger partial charge in [-0.3, -0.25) is 0 Å². The standard InChI is InChI=1S/C16H25N3S2/c1-4-21-14-9-5-8-13(15(14)16(17)20)19-10-6-7-12(11-19)18(2)3/h5,8-9,12H,4,6-7,10-11H2,1-3H3,(H2,17,20). The van der Waals surface area contributed by atoms with Crippen LogP contribution < -0.4 is 10.6 Å². The van der Waals surface area contributed by atoms with Crippen LogP contribution in [0.4, 0.5) is 5.69 Å². The van der Waals surface area contributed by atoms with E-state index in [1.165, 1.54) is 23.4 Å².